The summed E-state index contributed by atoms with van der Waals surface area (Å²) in [5, 5.41) is 8.74. The van der Waals surface area contributed by atoms with Crippen molar-refractivity contribution in [2.45, 2.75) is 23.8 Å². The van der Waals surface area contributed by atoms with Crippen molar-refractivity contribution in [3.05, 3.63) is 29.8 Å². The summed E-state index contributed by atoms with van der Waals surface area (Å²) < 4.78 is 31.7. The summed E-state index contributed by atoms with van der Waals surface area (Å²) >= 11 is 0. The number of carbonyl (C=O) groups excluding carboxylic acids is 1. The minimum Gasteiger partial charge on any atom is -0.395 e. The van der Waals surface area contributed by atoms with E-state index in [0.717, 1.165) is 12.8 Å². The zero-order valence-electron chi connectivity index (χ0n) is 13.1. The van der Waals surface area contributed by atoms with Crippen LogP contribution in [0, 0.1) is 0 Å². The highest BCUT2D eigenvalue weighted by Gasteiger charge is 2.25. The number of aliphatic hydroxyl groups excluding tert-OH is 1. The van der Waals surface area contributed by atoms with Crippen molar-refractivity contribution in [2.75, 3.05) is 33.4 Å². The molecule has 0 aromatic heterocycles. The number of sulfonamides is 1. The van der Waals surface area contributed by atoms with Crippen LogP contribution in [0.3, 0.4) is 0 Å². The average Bonchev–Trinajstić information content (AvgIpc) is 2.59. The first-order valence-electron chi connectivity index (χ1n) is 7.50. The Hall–Kier alpha value is -1.48. The van der Waals surface area contributed by atoms with Gasteiger partial charge in [-0.15, -0.1) is 0 Å². The topological polar surface area (TPSA) is 95.9 Å². The van der Waals surface area contributed by atoms with Gasteiger partial charge in [0.05, 0.1) is 17.6 Å². The van der Waals surface area contributed by atoms with Gasteiger partial charge in [0.25, 0.3) is 5.91 Å². The van der Waals surface area contributed by atoms with Gasteiger partial charge in [0.15, 0.2) is 0 Å². The summed E-state index contributed by atoms with van der Waals surface area (Å²) in [6.07, 6.45) is 1.80. The molecule has 23 heavy (non-hydrogen) atoms. The molecule has 1 unspecified atom stereocenters. The van der Waals surface area contributed by atoms with Crippen molar-refractivity contribution in [1.29, 1.82) is 0 Å². The zero-order valence-corrected chi connectivity index (χ0v) is 13.9. The third-order valence-corrected chi connectivity index (χ3v) is 5.25. The largest absolute Gasteiger partial charge is 0.395 e. The van der Waals surface area contributed by atoms with Gasteiger partial charge >= 0.3 is 0 Å². The second-order valence-corrected chi connectivity index (χ2v) is 7.17. The molecule has 7 nitrogen and oxygen atoms in total. The second-order valence-electron chi connectivity index (χ2n) is 5.40. The molecule has 128 valence electrons. The van der Waals surface area contributed by atoms with Gasteiger partial charge in [-0.1, -0.05) is 6.07 Å². The number of nitrogens with one attached hydrogen (secondary N) is 1. The Balaban J connectivity index is 2.17. The van der Waals surface area contributed by atoms with E-state index in [2.05, 4.69) is 4.72 Å². The van der Waals surface area contributed by atoms with E-state index >= 15 is 0 Å². The van der Waals surface area contributed by atoms with Crippen LogP contribution in [0.1, 0.15) is 23.2 Å². The number of aliphatic hydroxyl groups is 1. The number of piperidine rings is 1. The predicted octanol–water partition coefficient (Wildman–Crippen LogP) is 0.208. The molecule has 0 bridgehead atoms. The van der Waals surface area contributed by atoms with Gasteiger partial charge in [-0.25, -0.2) is 13.1 Å². The smallest absolute Gasteiger partial charge is 0.253 e. The van der Waals surface area contributed by atoms with Crippen LogP contribution in [0.2, 0.25) is 0 Å². The van der Waals surface area contributed by atoms with Gasteiger partial charge in [-0.05, 0) is 31.0 Å². The van der Waals surface area contributed by atoms with E-state index in [0.29, 0.717) is 18.7 Å². The summed E-state index contributed by atoms with van der Waals surface area (Å²) in [6.45, 7) is 0.791. The van der Waals surface area contributed by atoms with Crippen molar-refractivity contribution in [3.63, 3.8) is 0 Å². The molecule has 1 heterocycles. The van der Waals surface area contributed by atoms with E-state index in [1.807, 2.05) is 0 Å². The molecule has 1 fully saturated rings. The minimum absolute atomic E-state index is 0.0112. The molecular formula is C15H22N2O5S. The standard InChI is InChI=1S/C15H22N2O5S/c1-22-13-5-3-8-17(11-13)15(19)12-4-2-6-14(10-12)23(20,21)16-7-9-18/h2,4,6,10,13,16,18H,3,5,7-9,11H2,1H3. The maximum absolute atomic E-state index is 12.6. The number of carbonyl (C=O) groups is 1. The summed E-state index contributed by atoms with van der Waals surface area (Å²) in [5.41, 5.74) is 0.327. The van der Waals surface area contributed by atoms with E-state index in [1.165, 1.54) is 12.1 Å². The Morgan fingerprint density at radius 1 is 1.48 bits per heavy atom. The molecular weight excluding hydrogens is 320 g/mol. The third kappa shape index (κ3) is 4.51. The number of hydrogen-bond donors (Lipinski definition) is 2. The van der Waals surface area contributed by atoms with Gasteiger partial charge in [-0.3, -0.25) is 4.79 Å². The van der Waals surface area contributed by atoms with Gasteiger partial charge in [0.2, 0.25) is 10.0 Å². The van der Waals surface area contributed by atoms with Crippen LogP contribution in [0.5, 0.6) is 0 Å². The molecule has 8 heteroatoms. The van der Waals surface area contributed by atoms with E-state index < -0.39 is 10.0 Å². The van der Waals surface area contributed by atoms with Crippen LogP contribution in [0.15, 0.2) is 29.2 Å². The maximum Gasteiger partial charge on any atom is 0.253 e. The zero-order chi connectivity index (χ0) is 16.9. The number of rotatable bonds is 6. The van der Waals surface area contributed by atoms with Crippen LogP contribution < -0.4 is 4.72 Å². The summed E-state index contributed by atoms with van der Waals surface area (Å²) in [5.74, 6) is -0.203. The van der Waals surface area contributed by atoms with Gasteiger partial charge < -0.3 is 14.7 Å². The van der Waals surface area contributed by atoms with Gasteiger partial charge in [-0.2, -0.15) is 0 Å². The number of likely N-dealkylation sites (tertiary alicyclic amines) is 1. The number of ether oxygens (including phenoxy) is 1. The summed E-state index contributed by atoms with van der Waals surface area (Å²) in [7, 11) is -2.11. The van der Waals surface area contributed by atoms with Crippen LogP contribution in [0.25, 0.3) is 0 Å². The highest BCUT2D eigenvalue weighted by atomic mass is 32.2. The third-order valence-electron chi connectivity index (χ3n) is 3.79. The Bertz CT molecular complexity index is 647. The fraction of sp³-hybridized carbons (Fsp3) is 0.533. The Labute approximate surface area is 136 Å². The molecule has 0 saturated carbocycles. The lowest BCUT2D eigenvalue weighted by Crippen LogP contribution is -2.42. The number of methoxy groups -OCH3 is 1. The van der Waals surface area contributed by atoms with Crippen molar-refractivity contribution >= 4 is 15.9 Å². The fourth-order valence-corrected chi connectivity index (χ4v) is 3.62. The van der Waals surface area contributed by atoms with Crippen molar-refractivity contribution in [1.82, 2.24) is 9.62 Å². The number of nitrogens with zero attached hydrogens (tertiary/aromatic N) is 1. The first kappa shape index (κ1) is 17.9. The lowest BCUT2D eigenvalue weighted by molar-refractivity contribution is 0.0269. The highest BCUT2D eigenvalue weighted by molar-refractivity contribution is 7.89. The number of hydrogen-bond acceptors (Lipinski definition) is 5. The Morgan fingerprint density at radius 2 is 2.26 bits per heavy atom. The van der Waals surface area contributed by atoms with Crippen molar-refractivity contribution in [2.24, 2.45) is 0 Å². The van der Waals surface area contributed by atoms with Crippen LogP contribution >= 0.6 is 0 Å². The molecule has 1 amide bonds. The molecule has 1 aliphatic heterocycles. The van der Waals surface area contributed by atoms with E-state index in [9.17, 15) is 13.2 Å². The first-order valence-corrected chi connectivity index (χ1v) is 8.99. The molecule has 1 aromatic rings. The maximum atomic E-state index is 12.6. The molecule has 2 N–H and O–H groups in total. The SMILES string of the molecule is COC1CCCN(C(=O)c2cccc(S(=O)(=O)NCCO)c2)C1. The van der Waals surface area contributed by atoms with Gasteiger partial charge in [0, 0.05) is 32.3 Å². The molecule has 2 rings (SSSR count). The van der Waals surface area contributed by atoms with Crippen LogP contribution in [0.4, 0.5) is 0 Å². The van der Waals surface area contributed by atoms with E-state index in [-0.39, 0.29) is 30.1 Å². The number of benzene rings is 1. The first-order chi connectivity index (χ1) is 11.0. The Kier molecular flexibility index (Phi) is 6.11. The molecule has 1 aromatic carbocycles. The lowest BCUT2D eigenvalue weighted by Gasteiger charge is -2.32. The van der Waals surface area contributed by atoms with E-state index in [1.54, 1.807) is 24.1 Å². The fourth-order valence-electron chi connectivity index (χ4n) is 2.56. The van der Waals surface area contributed by atoms with E-state index in [4.69, 9.17) is 9.84 Å². The molecule has 1 atom stereocenters. The second kappa shape index (κ2) is 7.87. The molecule has 0 radical (unpaired) electrons. The molecule has 0 aliphatic carbocycles. The lowest BCUT2D eigenvalue weighted by atomic mass is 10.1. The minimum atomic E-state index is -3.73. The quantitative estimate of drug-likeness (QED) is 0.770. The molecule has 1 aliphatic rings. The van der Waals surface area contributed by atoms with Crippen LogP contribution in [-0.4, -0.2) is 63.8 Å². The predicted molar refractivity (Wildman–Crippen MR) is 84.7 cm³/mol. The normalized spacial score (nSPS) is 18.9. The van der Waals surface area contributed by atoms with Gasteiger partial charge in [0.1, 0.15) is 0 Å². The van der Waals surface area contributed by atoms with Crippen molar-refractivity contribution in [3.8, 4) is 0 Å². The molecule has 1 saturated heterocycles. The number of amides is 1. The van der Waals surface area contributed by atoms with Crippen molar-refractivity contribution < 1.29 is 23.1 Å². The average molecular weight is 342 g/mol. The summed E-state index contributed by atoms with van der Waals surface area (Å²) in [4.78, 5) is 14.3. The van der Waals surface area contributed by atoms with Crippen LogP contribution in [-0.2, 0) is 14.8 Å². The highest BCUT2D eigenvalue weighted by Crippen LogP contribution is 2.18. The molecule has 0 spiro atoms. The Morgan fingerprint density at radius 3 is 2.96 bits per heavy atom. The monoisotopic (exact) mass is 342 g/mol. The summed E-state index contributed by atoms with van der Waals surface area (Å²) in [6, 6.07) is 5.92.